The van der Waals surface area contributed by atoms with Crippen molar-refractivity contribution in [2.75, 3.05) is 19.7 Å². The van der Waals surface area contributed by atoms with E-state index in [0.717, 1.165) is 0 Å². The van der Waals surface area contributed by atoms with E-state index in [2.05, 4.69) is 0 Å². The molecular formula is C5H12ClNO3. The summed E-state index contributed by atoms with van der Waals surface area (Å²) in [6.45, 7) is 0.691. The SMILES string of the molecule is Cl.OCC(O)N1CC(O)C1. The molecule has 3 N–H and O–H groups in total. The molecular weight excluding hydrogens is 158 g/mol. The van der Waals surface area contributed by atoms with E-state index < -0.39 is 6.23 Å². The number of aliphatic hydroxyl groups excluding tert-OH is 3. The Morgan fingerprint density at radius 2 is 2.00 bits per heavy atom. The van der Waals surface area contributed by atoms with Crippen LogP contribution in [-0.2, 0) is 0 Å². The third-order valence-corrected chi connectivity index (χ3v) is 1.48. The zero-order valence-electron chi connectivity index (χ0n) is 5.47. The second-order valence-electron chi connectivity index (χ2n) is 2.27. The van der Waals surface area contributed by atoms with Crippen LogP contribution in [0.3, 0.4) is 0 Å². The summed E-state index contributed by atoms with van der Waals surface area (Å²) in [7, 11) is 0. The van der Waals surface area contributed by atoms with Crippen molar-refractivity contribution in [3.05, 3.63) is 0 Å². The van der Waals surface area contributed by atoms with Crippen molar-refractivity contribution in [3.8, 4) is 0 Å². The fourth-order valence-corrected chi connectivity index (χ4v) is 0.847. The van der Waals surface area contributed by atoms with Crippen molar-refractivity contribution in [2.24, 2.45) is 0 Å². The standard InChI is InChI=1S/C5H11NO3.ClH/c7-3-5(9)6-1-4(8)2-6;/h4-5,7-9H,1-3H2;1H. The number of likely N-dealkylation sites (tertiary alicyclic amines) is 1. The minimum atomic E-state index is -0.784. The highest BCUT2D eigenvalue weighted by atomic mass is 35.5. The predicted molar refractivity (Wildman–Crippen MR) is 37.9 cm³/mol. The van der Waals surface area contributed by atoms with Gasteiger partial charge in [0.25, 0.3) is 0 Å². The first-order chi connectivity index (χ1) is 4.24. The molecule has 0 spiro atoms. The normalized spacial score (nSPS) is 23.1. The van der Waals surface area contributed by atoms with E-state index in [-0.39, 0.29) is 25.1 Å². The van der Waals surface area contributed by atoms with E-state index in [1.807, 2.05) is 0 Å². The predicted octanol–water partition coefficient (Wildman–Crippen LogP) is -1.60. The molecule has 0 bridgehead atoms. The Labute approximate surface area is 65.5 Å². The van der Waals surface area contributed by atoms with Crippen molar-refractivity contribution >= 4 is 12.4 Å². The molecule has 0 aromatic heterocycles. The maximum absolute atomic E-state index is 8.86. The fraction of sp³-hybridized carbons (Fsp3) is 1.00. The highest BCUT2D eigenvalue weighted by Gasteiger charge is 2.28. The summed E-state index contributed by atoms with van der Waals surface area (Å²) in [5.41, 5.74) is 0. The van der Waals surface area contributed by atoms with Crippen LogP contribution >= 0.6 is 12.4 Å². The lowest BCUT2D eigenvalue weighted by Crippen LogP contribution is -2.56. The van der Waals surface area contributed by atoms with Crippen molar-refractivity contribution in [1.82, 2.24) is 4.90 Å². The molecule has 4 nitrogen and oxygen atoms in total. The van der Waals surface area contributed by atoms with Gasteiger partial charge in [-0.25, -0.2) is 0 Å². The Morgan fingerprint density at radius 1 is 1.50 bits per heavy atom. The second-order valence-corrected chi connectivity index (χ2v) is 2.27. The number of β-amino-alcohol motifs (C(OH)–C–C–N with tert-alkyl or cyclic N) is 1. The van der Waals surface area contributed by atoms with E-state index in [4.69, 9.17) is 15.3 Å². The summed E-state index contributed by atoms with van der Waals surface area (Å²) < 4.78 is 0. The Morgan fingerprint density at radius 3 is 2.30 bits per heavy atom. The van der Waals surface area contributed by atoms with Crippen molar-refractivity contribution < 1.29 is 15.3 Å². The van der Waals surface area contributed by atoms with Gasteiger partial charge in [-0.05, 0) is 0 Å². The molecule has 0 radical (unpaired) electrons. The first kappa shape index (κ1) is 10.1. The van der Waals surface area contributed by atoms with Gasteiger partial charge in [-0.2, -0.15) is 0 Å². The Kier molecular flexibility index (Phi) is 4.15. The number of rotatable bonds is 2. The summed E-state index contributed by atoms with van der Waals surface area (Å²) in [5, 5.41) is 26.0. The number of hydrogen-bond donors (Lipinski definition) is 3. The lowest BCUT2D eigenvalue weighted by molar-refractivity contribution is -0.116. The molecule has 1 atom stereocenters. The van der Waals surface area contributed by atoms with Gasteiger partial charge in [0.15, 0.2) is 0 Å². The van der Waals surface area contributed by atoms with Crippen LogP contribution in [0.2, 0.25) is 0 Å². The molecule has 1 aliphatic rings. The monoisotopic (exact) mass is 169 g/mol. The first-order valence-electron chi connectivity index (χ1n) is 2.95. The van der Waals surface area contributed by atoms with Crippen LogP contribution in [0.1, 0.15) is 0 Å². The average Bonchev–Trinajstić information content (AvgIpc) is 1.79. The van der Waals surface area contributed by atoms with Gasteiger partial charge in [-0.3, -0.25) is 4.90 Å². The van der Waals surface area contributed by atoms with E-state index in [0.29, 0.717) is 13.1 Å². The summed E-state index contributed by atoms with van der Waals surface area (Å²) in [5.74, 6) is 0. The molecule has 1 fully saturated rings. The summed E-state index contributed by atoms with van der Waals surface area (Å²) in [4.78, 5) is 1.60. The van der Waals surface area contributed by atoms with Crippen molar-refractivity contribution in [1.29, 1.82) is 0 Å². The Balaban J connectivity index is 0.000000810. The third kappa shape index (κ3) is 2.07. The minimum absolute atomic E-state index is 0. The minimum Gasteiger partial charge on any atom is -0.392 e. The topological polar surface area (TPSA) is 63.9 Å². The van der Waals surface area contributed by atoms with Crippen molar-refractivity contribution in [3.63, 3.8) is 0 Å². The molecule has 0 aromatic rings. The van der Waals surface area contributed by atoms with Crippen LogP contribution in [0.15, 0.2) is 0 Å². The van der Waals surface area contributed by atoms with Crippen LogP contribution in [0.5, 0.6) is 0 Å². The quantitative estimate of drug-likeness (QED) is 0.466. The molecule has 5 heteroatoms. The number of hydrogen-bond acceptors (Lipinski definition) is 4. The number of halogens is 1. The molecule has 0 aliphatic carbocycles. The summed E-state index contributed by atoms with van der Waals surface area (Å²) in [6.07, 6.45) is -1.10. The van der Waals surface area contributed by atoms with E-state index in [1.165, 1.54) is 0 Å². The Hall–Kier alpha value is 0.130. The van der Waals surface area contributed by atoms with Crippen LogP contribution in [0.4, 0.5) is 0 Å². The lowest BCUT2D eigenvalue weighted by Gasteiger charge is -2.38. The smallest absolute Gasteiger partial charge is 0.130 e. The van der Waals surface area contributed by atoms with E-state index >= 15 is 0 Å². The molecule has 0 aromatic carbocycles. The lowest BCUT2D eigenvalue weighted by atomic mass is 10.2. The molecule has 1 saturated heterocycles. The van der Waals surface area contributed by atoms with Gasteiger partial charge in [0.2, 0.25) is 0 Å². The summed E-state index contributed by atoms with van der Waals surface area (Å²) >= 11 is 0. The molecule has 1 rings (SSSR count). The first-order valence-corrected chi connectivity index (χ1v) is 2.95. The molecule has 1 aliphatic heterocycles. The van der Waals surface area contributed by atoms with Gasteiger partial charge in [0.05, 0.1) is 12.7 Å². The van der Waals surface area contributed by atoms with Crippen LogP contribution in [0.25, 0.3) is 0 Å². The third-order valence-electron chi connectivity index (χ3n) is 1.48. The fourth-order valence-electron chi connectivity index (χ4n) is 0.847. The summed E-state index contributed by atoms with van der Waals surface area (Å²) in [6, 6.07) is 0. The Bertz CT molecular complexity index is 96.9. The van der Waals surface area contributed by atoms with Gasteiger partial charge in [-0.1, -0.05) is 0 Å². The number of aliphatic hydroxyl groups is 3. The van der Waals surface area contributed by atoms with Gasteiger partial charge in [-0.15, -0.1) is 12.4 Å². The van der Waals surface area contributed by atoms with Gasteiger partial charge in [0.1, 0.15) is 6.23 Å². The van der Waals surface area contributed by atoms with E-state index in [1.54, 1.807) is 4.90 Å². The maximum Gasteiger partial charge on any atom is 0.130 e. The van der Waals surface area contributed by atoms with Gasteiger partial charge in [0, 0.05) is 13.1 Å². The maximum atomic E-state index is 8.86. The molecule has 1 unspecified atom stereocenters. The molecule has 0 saturated carbocycles. The van der Waals surface area contributed by atoms with Crippen LogP contribution < -0.4 is 0 Å². The zero-order chi connectivity index (χ0) is 6.85. The number of nitrogens with zero attached hydrogens (tertiary/aromatic N) is 1. The van der Waals surface area contributed by atoms with E-state index in [9.17, 15) is 0 Å². The second kappa shape index (κ2) is 4.10. The van der Waals surface area contributed by atoms with Crippen LogP contribution in [0, 0.1) is 0 Å². The molecule has 62 valence electrons. The average molecular weight is 170 g/mol. The van der Waals surface area contributed by atoms with Crippen molar-refractivity contribution in [2.45, 2.75) is 12.3 Å². The van der Waals surface area contributed by atoms with Gasteiger partial charge >= 0.3 is 0 Å². The van der Waals surface area contributed by atoms with Crippen LogP contribution in [-0.4, -0.2) is 52.2 Å². The molecule has 1 heterocycles. The highest BCUT2D eigenvalue weighted by molar-refractivity contribution is 5.85. The van der Waals surface area contributed by atoms with Gasteiger partial charge < -0.3 is 15.3 Å². The highest BCUT2D eigenvalue weighted by Crippen LogP contribution is 2.09. The zero-order valence-corrected chi connectivity index (χ0v) is 6.29. The molecule has 0 amide bonds. The molecule has 10 heavy (non-hydrogen) atoms. The largest absolute Gasteiger partial charge is 0.392 e.